The number of likely N-dealkylation sites (N-methyl/N-ethyl adjacent to an activating group) is 1. The van der Waals surface area contributed by atoms with Gasteiger partial charge in [0.25, 0.3) is 0 Å². The van der Waals surface area contributed by atoms with Crippen molar-refractivity contribution in [2.45, 2.75) is 58.6 Å². The number of amides is 2. The average Bonchev–Trinajstić information content (AvgIpc) is 2.72. The highest BCUT2D eigenvalue weighted by molar-refractivity contribution is 5.88. The molecule has 0 saturated carbocycles. The fraction of sp³-hybridized carbons (Fsp3) is 0.857. The van der Waals surface area contributed by atoms with E-state index in [2.05, 4.69) is 0 Å². The summed E-state index contributed by atoms with van der Waals surface area (Å²) in [5, 5.41) is 9.87. The van der Waals surface area contributed by atoms with E-state index in [1.807, 2.05) is 13.8 Å². The molecular formula is C14H26N2O3. The van der Waals surface area contributed by atoms with Crippen LogP contribution in [0.15, 0.2) is 0 Å². The van der Waals surface area contributed by atoms with E-state index >= 15 is 0 Å². The lowest BCUT2D eigenvalue weighted by molar-refractivity contribution is -0.145. The molecule has 1 atom stereocenters. The molecule has 2 amide bonds. The summed E-state index contributed by atoms with van der Waals surface area (Å²) in [6, 6.07) is -0.378. The second kappa shape index (κ2) is 6.37. The summed E-state index contributed by atoms with van der Waals surface area (Å²) >= 11 is 0. The zero-order valence-electron chi connectivity index (χ0n) is 12.5. The van der Waals surface area contributed by atoms with Gasteiger partial charge < -0.3 is 14.9 Å². The molecule has 0 bridgehead atoms. The van der Waals surface area contributed by atoms with Crippen molar-refractivity contribution in [2.75, 3.05) is 19.6 Å². The van der Waals surface area contributed by atoms with Crippen molar-refractivity contribution < 1.29 is 14.7 Å². The lowest BCUT2D eigenvalue weighted by Gasteiger charge is -2.34. The predicted octanol–water partition coefficient (Wildman–Crippen LogP) is 1.01. The molecule has 1 saturated heterocycles. The van der Waals surface area contributed by atoms with Gasteiger partial charge in [-0.25, -0.2) is 0 Å². The maximum absolute atomic E-state index is 12.5. The molecule has 1 aliphatic rings. The van der Waals surface area contributed by atoms with Gasteiger partial charge in [-0.15, -0.1) is 0 Å². The van der Waals surface area contributed by atoms with Crippen LogP contribution < -0.4 is 0 Å². The van der Waals surface area contributed by atoms with E-state index in [1.165, 1.54) is 0 Å². The summed E-state index contributed by atoms with van der Waals surface area (Å²) < 4.78 is 0. The van der Waals surface area contributed by atoms with Gasteiger partial charge in [-0.3, -0.25) is 9.59 Å². The minimum absolute atomic E-state index is 0.0534. The van der Waals surface area contributed by atoms with Crippen LogP contribution in [0.2, 0.25) is 0 Å². The van der Waals surface area contributed by atoms with Crippen LogP contribution in [0.1, 0.15) is 47.0 Å². The Morgan fingerprint density at radius 2 is 2.11 bits per heavy atom. The summed E-state index contributed by atoms with van der Waals surface area (Å²) in [4.78, 5) is 27.6. The highest BCUT2D eigenvalue weighted by atomic mass is 16.3. The number of hydrogen-bond donors (Lipinski definition) is 1. The molecule has 110 valence electrons. The van der Waals surface area contributed by atoms with Crippen LogP contribution in [0.4, 0.5) is 0 Å². The summed E-state index contributed by atoms with van der Waals surface area (Å²) in [5.74, 6) is 0.0156. The standard InChI is InChI=1S/C14H26N2O3/c1-5-11(16-9-7-8-12(16)17)13(18)15(6-2)10-14(3,4)19/h11,19H,5-10H2,1-4H3. The molecular weight excluding hydrogens is 244 g/mol. The lowest BCUT2D eigenvalue weighted by atomic mass is 10.1. The first-order valence-corrected chi connectivity index (χ1v) is 7.10. The Morgan fingerprint density at radius 3 is 2.47 bits per heavy atom. The van der Waals surface area contributed by atoms with Crippen LogP contribution in [0.25, 0.3) is 0 Å². The average molecular weight is 270 g/mol. The van der Waals surface area contributed by atoms with Crippen molar-refractivity contribution in [3.8, 4) is 0 Å². The second-order valence-electron chi connectivity index (χ2n) is 5.78. The van der Waals surface area contributed by atoms with Gasteiger partial charge in [-0.1, -0.05) is 6.92 Å². The van der Waals surface area contributed by atoms with E-state index < -0.39 is 5.60 Å². The summed E-state index contributed by atoms with van der Waals surface area (Å²) in [5.41, 5.74) is -0.918. The quantitative estimate of drug-likeness (QED) is 0.783. The van der Waals surface area contributed by atoms with Crippen LogP contribution in [-0.2, 0) is 9.59 Å². The summed E-state index contributed by atoms with van der Waals surface area (Å²) in [6.07, 6.45) is 1.99. The molecule has 0 aromatic carbocycles. The summed E-state index contributed by atoms with van der Waals surface area (Å²) in [6.45, 7) is 8.69. The lowest BCUT2D eigenvalue weighted by Crippen LogP contribution is -2.52. The number of carbonyl (C=O) groups is 2. The van der Waals surface area contributed by atoms with Crippen LogP contribution in [0, 0.1) is 0 Å². The molecule has 0 aliphatic carbocycles. The zero-order valence-corrected chi connectivity index (χ0v) is 12.5. The molecule has 1 heterocycles. The van der Waals surface area contributed by atoms with Gasteiger partial charge in [-0.05, 0) is 33.6 Å². The number of likely N-dealkylation sites (tertiary alicyclic amines) is 1. The molecule has 0 spiro atoms. The first-order chi connectivity index (χ1) is 8.80. The molecule has 1 rings (SSSR count). The number of nitrogens with zero attached hydrogens (tertiary/aromatic N) is 2. The van der Waals surface area contributed by atoms with Crippen molar-refractivity contribution in [1.29, 1.82) is 0 Å². The number of aliphatic hydroxyl groups is 1. The molecule has 0 radical (unpaired) electrons. The van der Waals surface area contributed by atoms with Crippen LogP contribution in [0.3, 0.4) is 0 Å². The topological polar surface area (TPSA) is 60.9 Å². The van der Waals surface area contributed by atoms with Gasteiger partial charge in [0, 0.05) is 26.1 Å². The zero-order chi connectivity index (χ0) is 14.6. The normalized spacial score (nSPS) is 17.7. The smallest absolute Gasteiger partial charge is 0.245 e. The van der Waals surface area contributed by atoms with E-state index in [-0.39, 0.29) is 17.9 Å². The van der Waals surface area contributed by atoms with Gasteiger partial charge in [0.2, 0.25) is 11.8 Å². The Bertz CT molecular complexity index is 336. The third-order valence-corrected chi connectivity index (χ3v) is 3.43. The molecule has 1 unspecified atom stereocenters. The van der Waals surface area contributed by atoms with Crippen LogP contribution in [-0.4, -0.2) is 58.0 Å². The van der Waals surface area contributed by atoms with Crippen molar-refractivity contribution in [1.82, 2.24) is 9.80 Å². The van der Waals surface area contributed by atoms with Gasteiger partial charge in [0.05, 0.1) is 5.60 Å². The third-order valence-electron chi connectivity index (χ3n) is 3.43. The fourth-order valence-electron chi connectivity index (χ4n) is 2.55. The second-order valence-corrected chi connectivity index (χ2v) is 5.78. The predicted molar refractivity (Wildman–Crippen MR) is 73.6 cm³/mol. The van der Waals surface area contributed by atoms with E-state index in [0.29, 0.717) is 32.5 Å². The number of carbonyl (C=O) groups excluding carboxylic acids is 2. The maximum atomic E-state index is 12.5. The molecule has 19 heavy (non-hydrogen) atoms. The highest BCUT2D eigenvalue weighted by Crippen LogP contribution is 2.18. The molecule has 1 fully saturated rings. The Morgan fingerprint density at radius 1 is 1.47 bits per heavy atom. The minimum Gasteiger partial charge on any atom is -0.389 e. The van der Waals surface area contributed by atoms with Crippen molar-refractivity contribution in [3.63, 3.8) is 0 Å². The number of hydrogen-bond acceptors (Lipinski definition) is 3. The molecule has 0 aromatic heterocycles. The maximum Gasteiger partial charge on any atom is 0.245 e. The summed E-state index contributed by atoms with van der Waals surface area (Å²) in [7, 11) is 0. The van der Waals surface area contributed by atoms with Gasteiger partial charge in [0.15, 0.2) is 0 Å². The first-order valence-electron chi connectivity index (χ1n) is 7.10. The third kappa shape index (κ3) is 4.20. The van der Waals surface area contributed by atoms with Crippen LogP contribution >= 0.6 is 0 Å². The minimum atomic E-state index is -0.918. The first kappa shape index (κ1) is 16.0. The van der Waals surface area contributed by atoms with Gasteiger partial charge in [-0.2, -0.15) is 0 Å². The highest BCUT2D eigenvalue weighted by Gasteiger charge is 2.34. The Hall–Kier alpha value is -1.10. The Kier molecular flexibility index (Phi) is 5.35. The monoisotopic (exact) mass is 270 g/mol. The van der Waals surface area contributed by atoms with Gasteiger partial charge in [0.1, 0.15) is 6.04 Å². The molecule has 0 aromatic rings. The van der Waals surface area contributed by atoms with Gasteiger partial charge >= 0.3 is 0 Å². The molecule has 1 N–H and O–H groups in total. The van der Waals surface area contributed by atoms with E-state index in [4.69, 9.17) is 0 Å². The Labute approximate surface area is 115 Å². The molecule has 5 heteroatoms. The molecule has 1 aliphatic heterocycles. The molecule has 5 nitrogen and oxygen atoms in total. The SMILES string of the molecule is CCC(C(=O)N(CC)CC(C)(C)O)N1CCCC1=O. The fourth-order valence-corrected chi connectivity index (χ4v) is 2.55. The van der Waals surface area contributed by atoms with Crippen molar-refractivity contribution >= 4 is 11.8 Å². The van der Waals surface area contributed by atoms with E-state index in [0.717, 1.165) is 6.42 Å². The number of rotatable bonds is 6. The van der Waals surface area contributed by atoms with Crippen molar-refractivity contribution in [2.24, 2.45) is 0 Å². The van der Waals surface area contributed by atoms with Crippen molar-refractivity contribution in [3.05, 3.63) is 0 Å². The van der Waals surface area contributed by atoms with Crippen LogP contribution in [0.5, 0.6) is 0 Å². The van der Waals surface area contributed by atoms with E-state index in [9.17, 15) is 14.7 Å². The Balaban J connectivity index is 2.78. The van der Waals surface area contributed by atoms with E-state index in [1.54, 1.807) is 23.6 Å². The largest absolute Gasteiger partial charge is 0.389 e.